The molecule has 2 aromatic rings. The number of amides is 1. The average Bonchev–Trinajstić information content (AvgIpc) is 2.65. The molecule has 1 saturated heterocycles. The van der Waals surface area contributed by atoms with Crippen LogP contribution >= 0.6 is 0 Å². The van der Waals surface area contributed by atoms with Crippen LogP contribution in [0, 0.1) is 0 Å². The molecule has 7 heteroatoms. The van der Waals surface area contributed by atoms with Crippen LogP contribution in [-0.2, 0) is 15.8 Å². The number of rotatable bonds is 6. The van der Waals surface area contributed by atoms with Gasteiger partial charge in [0.1, 0.15) is 0 Å². The minimum absolute atomic E-state index is 0.0354. The summed E-state index contributed by atoms with van der Waals surface area (Å²) in [5.74, 6) is 0.0485. The summed E-state index contributed by atoms with van der Waals surface area (Å²) in [4.78, 5) is 29.2. The lowest BCUT2D eigenvalue weighted by Crippen LogP contribution is -2.54. The molecule has 0 spiro atoms. The predicted molar refractivity (Wildman–Crippen MR) is 123 cm³/mol. The summed E-state index contributed by atoms with van der Waals surface area (Å²) in [6.07, 6.45) is 3.31. The van der Waals surface area contributed by atoms with Crippen LogP contribution in [0.5, 0.6) is 0 Å². The molecule has 30 heavy (non-hydrogen) atoms. The molecule has 1 N–H and O–H groups in total. The predicted octanol–water partition coefficient (Wildman–Crippen LogP) is 4.01. The highest BCUT2D eigenvalue weighted by molar-refractivity contribution is 6.74. The van der Waals surface area contributed by atoms with Crippen molar-refractivity contribution in [3.05, 3.63) is 53.1 Å². The summed E-state index contributed by atoms with van der Waals surface area (Å²) >= 11 is 0. The van der Waals surface area contributed by atoms with Gasteiger partial charge < -0.3 is 9.74 Å². The topological polar surface area (TPSA) is 73.2 Å². The van der Waals surface area contributed by atoms with Gasteiger partial charge in [0.25, 0.3) is 5.56 Å². The van der Waals surface area contributed by atoms with Crippen LogP contribution in [0.1, 0.15) is 40.0 Å². The van der Waals surface area contributed by atoms with Crippen molar-refractivity contribution in [3.8, 4) is 0 Å². The van der Waals surface area contributed by atoms with Crippen molar-refractivity contribution in [2.45, 2.75) is 76.9 Å². The first-order valence-electron chi connectivity index (χ1n) is 10.6. The third-order valence-electron chi connectivity index (χ3n) is 6.34. The van der Waals surface area contributed by atoms with Gasteiger partial charge in [0, 0.05) is 13.0 Å². The van der Waals surface area contributed by atoms with Crippen LogP contribution in [0.4, 0.5) is 0 Å². The fraction of sp³-hybridized carbons (Fsp3) is 0.522. The molecule has 1 aromatic heterocycles. The van der Waals surface area contributed by atoms with Crippen molar-refractivity contribution in [3.63, 3.8) is 0 Å². The quantitative estimate of drug-likeness (QED) is 0.558. The minimum atomic E-state index is -1.97. The molecule has 0 aliphatic carbocycles. The molecule has 0 radical (unpaired) electrons. The van der Waals surface area contributed by atoms with E-state index >= 15 is 0 Å². The number of fused-ring (bicyclic) bond motifs is 1. The molecule has 3 rings (SSSR count). The molecule has 1 amide bonds. The highest BCUT2D eigenvalue weighted by Crippen LogP contribution is 2.38. The van der Waals surface area contributed by atoms with E-state index in [2.05, 4.69) is 50.7 Å². The molecule has 1 aliphatic rings. The lowest BCUT2D eigenvalue weighted by atomic mass is 9.95. The second kappa shape index (κ2) is 8.47. The van der Waals surface area contributed by atoms with Gasteiger partial charge in [0.15, 0.2) is 8.32 Å². The molecule has 1 unspecified atom stereocenters. The van der Waals surface area contributed by atoms with E-state index in [9.17, 15) is 9.59 Å². The Morgan fingerprint density at radius 3 is 2.70 bits per heavy atom. The number of aromatic nitrogens is 2. The normalized spacial score (nSPS) is 20.2. The van der Waals surface area contributed by atoms with Crippen LogP contribution < -0.4 is 10.9 Å². The van der Waals surface area contributed by atoms with Gasteiger partial charge in [-0.3, -0.25) is 14.2 Å². The highest BCUT2D eigenvalue weighted by Gasteiger charge is 2.42. The van der Waals surface area contributed by atoms with Crippen molar-refractivity contribution in [2.75, 3.05) is 0 Å². The van der Waals surface area contributed by atoms with Gasteiger partial charge in [-0.1, -0.05) is 45.1 Å². The number of carbonyl (C=O) groups is 1. The van der Waals surface area contributed by atoms with Crippen LogP contribution in [0.2, 0.25) is 18.1 Å². The van der Waals surface area contributed by atoms with E-state index < -0.39 is 8.32 Å². The highest BCUT2D eigenvalue weighted by atomic mass is 28.4. The van der Waals surface area contributed by atoms with Crippen LogP contribution in [0.25, 0.3) is 10.9 Å². The number of carbonyl (C=O) groups excluding carboxylic acids is 1. The maximum atomic E-state index is 12.8. The fourth-order valence-corrected chi connectivity index (χ4v) is 4.95. The lowest BCUT2D eigenvalue weighted by molar-refractivity contribution is -0.125. The largest absolute Gasteiger partial charge is 0.412 e. The van der Waals surface area contributed by atoms with E-state index in [0.717, 1.165) is 5.57 Å². The molecule has 1 aromatic carbocycles. The summed E-state index contributed by atoms with van der Waals surface area (Å²) in [6.45, 7) is 15.7. The summed E-state index contributed by atoms with van der Waals surface area (Å²) in [6, 6.07) is 7.19. The summed E-state index contributed by atoms with van der Waals surface area (Å²) in [5, 5.41) is 3.79. The van der Waals surface area contributed by atoms with Crippen molar-refractivity contribution < 1.29 is 9.22 Å². The molecule has 1 aliphatic heterocycles. The number of piperidine rings is 1. The second-order valence-corrected chi connectivity index (χ2v) is 14.5. The zero-order valence-electron chi connectivity index (χ0n) is 18.7. The SMILES string of the molecule is C=C(CC1NC(=O)CC[C@@H]1O[Si](C)(C)C(C)(C)C)Cn1cnc2ccccc2c1=O. The lowest BCUT2D eigenvalue weighted by Gasteiger charge is -2.43. The maximum Gasteiger partial charge on any atom is 0.261 e. The Bertz CT molecular complexity index is 1010. The Balaban J connectivity index is 1.74. The summed E-state index contributed by atoms with van der Waals surface area (Å²) in [7, 11) is -1.97. The third-order valence-corrected chi connectivity index (χ3v) is 10.8. The number of hydrogen-bond acceptors (Lipinski definition) is 4. The first kappa shape index (κ1) is 22.4. The molecular weight excluding hydrogens is 394 g/mol. The third kappa shape index (κ3) is 4.90. The molecule has 2 heterocycles. The van der Waals surface area contributed by atoms with E-state index in [-0.39, 0.29) is 28.7 Å². The van der Waals surface area contributed by atoms with E-state index in [0.29, 0.717) is 36.7 Å². The van der Waals surface area contributed by atoms with Gasteiger partial charge in [-0.05, 0) is 43.1 Å². The van der Waals surface area contributed by atoms with E-state index in [1.165, 1.54) is 0 Å². The Kier molecular flexibility index (Phi) is 6.34. The monoisotopic (exact) mass is 427 g/mol. The van der Waals surface area contributed by atoms with Crippen molar-refractivity contribution in [2.24, 2.45) is 0 Å². The summed E-state index contributed by atoms with van der Waals surface area (Å²) in [5.41, 5.74) is 1.47. The van der Waals surface area contributed by atoms with Crippen LogP contribution in [0.15, 0.2) is 47.5 Å². The van der Waals surface area contributed by atoms with E-state index in [1.807, 2.05) is 18.2 Å². The van der Waals surface area contributed by atoms with Crippen molar-refractivity contribution >= 4 is 25.1 Å². The Hall–Kier alpha value is -2.25. The first-order valence-corrected chi connectivity index (χ1v) is 13.5. The van der Waals surface area contributed by atoms with Crippen LogP contribution in [-0.4, -0.2) is 35.9 Å². The van der Waals surface area contributed by atoms with Gasteiger partial charge in [0.05, 0.1) is 29.4 Å². The van der Waals surface area contributed by atoms with Gasteiger partial charge >= 0.3 is 0 Å². The molecule has 2 atom stereocenters. The van der Waals surface area contributed by atoms with Gasteiger partial charge in [0.2, 0.25) is 5.91 Å². The molecule has 0 bridgehead atoms. The van der Waals surface area contributed by atoms with Gasteiger partial charge in [-0.25, -0.2) is 4.98 Å². The smallest absolute Gasteiger partial charge is 0.261 e. The standard InChI is InChI=1S/C23H33N3O3Si/c1-16(14-26-15-24-18-10-8-7-9-17(18)22(26)28)13-19-20(11-12-21(27)25-19)29-30(5,6)23(2,3)4/h7-10,15,19-20H,1,11-14H2,2-6H3,(H,25,27)/t19?,20-/m0/s1. The van der Waals surface area contributed by atoms with E-state index in [4.69, 9.17) is 4.43 Å². The van der Waals surface area contributed by atoms with Crippen LogP contribution in [0.3, 0.4) is 0 Å². The zero-order valence-corrected chi connectivity index (χ0v) is 19.7. The molecule has 6 nitrogen and oxygen atoms in total. The molecule has 1 fully saturated rings. The zero-order chi connectivity index (χ0) is 22.1. The van der Waals surface area contributed by atoms with E-state index in [1.54, 1.807) is 17.0 Å². The minimum Gasteiger partial charge on any atom is -0.412 e. The summed E-state index contributed by atoms with van der Waals surface area (Å²) < 4.78 is 8.22. The Morgan fingerprint density at radius 2 is 2.00 bits per heavy atom. The molecule has 0 saturated carbocycles. The Morgan fingerprint density at radius 1 is 1.30 bits per heavy atom. The number of nitrogens with one attached hydrogen (secondary N) is 1. The van der Waals surface area contributed by atoms with Crippen molar-refractivity contribution in [1.82, 2.24) is 14.9 Å². The maximum absolute atomic E-state index is 12.8. The fourth-order valence-electron chi connectivity index (χ4n) is 3.56. The Labute approximate surface area is 179 Å². The first-order chi connectivity index (χ1) is 14.0. The average molecular weight is 428 g/mol. The number of benzene rings is 1. The number of para-hydroxylation sites is 1. The number of nitrogens with zero attached hydrogens (tertiary/aromatic N) is 2. The molecular formula is C23H33N3O3Si. The molecule has 162 valence electrons. The van der Waals surface area contributed by atoms with Crippen molar-refractivity contribution in [1.29, 1.82) is 0 Å². The van der Waals surface area contributed by atoms with Gasteiger partial charge in [-0.15, -0.1) is 0 Å². The van der Waals surface area contributed by atoms with Gasteiger partial charge in [-0.2, -0.15) is 0 Å². The number of hydrogen-bond donors (Lipinski definition) is 1. The second-order valence-electron chi connectivity index (χ2n) is 9.78.